The quantitative estimate of drug-likeness (QED) is 0.814. The Morgan fingerprint density at radius 1 is 1.31 bits per heavy atom. The number of hydrogen-bond acceptors (Lipinski definition) is 6. The summed E-state index contributed by atoms with van der Waals surface area (Å²) >= 11 is 1.47. The number of ether oxygens (including phenoxy) is 2. The second-order valence-corrected chi connectivity index (χ2v) is 7.63. The van der Waals surface area contributed by atoms with Gasteiger partial charge in [0.1, 0.15) is 6.10 Å². The van der Waals surface area contributed by atoms with Crippen LogP contribution in [-0.2, 0) is 14.3 Å². The molecular formula is C18H22N2O5S. The number of rotatable bonds is 3. The van der Waals surface area contributed by atoms with Crippen LogP contribution < -0.4 is 5.32 Å². The molecular weight excluding hydrogens is 356 g/mol. The zero-order chi connectivity index (χ0) is 18.7. The van der Waals surface area contributed by atoms with Crippen LogP contribution in [0.5, 0.6) is 0 Å². The van der Waals surface area contributed by atoms with Crippen molar-refractivity contribution in [3.05, 3.63) is 23.8 Å². The first-order valence-corrected chi connectivity index (χ1v) is 9.60. The molecule has 140 valence electrons. The summed E-state index contributed by atoms with van der Waals surface area (Å²) in [6.45, 7) is 4.97. The molecule has 1 atom stereocenters. The van der Waals surface area contributed by atoms with Crippen LogP contribution in [-0.4, -0.2) is 53.9 Å². The molecule has 1 aromatic rings. The third-order valence-electron chi connectivity index (χ3n) is 4.39. The number of fused-ring (bicyclic) bond motifs is 1. The van der Waals surface area contributed by atoms with E-state index < -0.39 is 5.97 Å². The van der Waals surface area contributed by atoms with Crippen LogP contribution in [0, 0.1) is 0 Å². The number of carbonyl (C=O) groups is 3. The molecule has 2 heterocycles. The molecule has 0 aromatic heterocycles. The number of thioether (sulfide) groups is 1. The molecule has 8 heteroatoms. The molecule has 0 aliphatic carbocycles. The van der Waals surface area contributed by atoms with Gasteiger partial charge < -0.3 is 19.7 Å². The number of anilines is 1. The van der Waals surface area contributed by atoms with E-state index in [9.17, 15) is 14.4 Å². The molecule has 2 aliphatic rings. The maximum Gasteiger partial charge on any atom is 0.409 e. The van der Waals surface area contributed by atoms with Crippen molar-refractivity contribution in [2.45, 2.75) is 42.9 Å². The number of piperidine rings is 1. The minimum absolute atomic E-state index is 0.0700. The fourth-order valence-electron chi connectivity index (χ4n) is 2.93. The second kappa shape index (κ2) is 7.99. The highest BCUT2D eigenvalue weighted by molar-refractivity contribution is 8.00. The second-order valence-electron chi connectivity index (χ2n) is 6.25. The van der Waals surface area contributed by atoms with Crippen LogP contribution >= 0.6 is 11.8 Å². The van der Waals surface area contributed by atoms with Gasteiger partial charge in [0.15, 0.2) is 0 Å². The predicted octanol–water partition coefficient (Wildman–Crippen LogP) is 2.90. The molecule has 0 radical (unpaired) electrons. The number of likely N-dealkylation sites (tertiary alicyclic amines) is 1. The van der Waals surface area contributed by atoms with Gasteiger partial charge in [-0.15, -0.1) is 11.8 Å². The topological polar surface area (TPSA) is 84.9 Å². The fourth-order valence-corrected chi connectivity index (χ4v) is 3.86. The lowest BCUT2D eigenvalue weighted by atomic mass is 10.1. The van der Waals surface area contributed by atoms with Crippen molar-refractivity contribution in [1.82, 2.24) is 4.90 Å². The van der Waals surface area contributed by atoms with E-state index in [0.717, 1.165) is 4.90 Å². The Morgan fingerprint density at radius 2 is 2.04 bits per heavy atom. The molecule has 2 amide bonds. The van der Waals surface area contributed by atoms with Gasteiger partial charge in [-0.1, -0.05) is 0 Å². The minimum Gasteiger partial charge on any atom is -0.459 e. The Balaban J connectivity index is 1.57. The molecule has 1 saturated heterocycles. The van der Waals surface area contributed by atoms with Gasteiger partial charge in [0, 0.05) is 30.8 Å². The largest absolute Gasteiger partial charge is 0.459 e. The van der Waals surface area contributed by atoms with Crippen molar-refractivity contribution in [1.29, 1.82) is 0 Å². The summed E-state index contributed by atoms with van der Waals surface area (Å²) in [7, 11) is 0. The number of nitrogens with one attached hydrogen (secondary N) is 1. The molecule has 0 unspecified atom stereocenters. The van der Waals surface area contributed by atoms with Crippen LogP contribution in [0.1, 0.15) is 37.0 Å². The molecule has 0 saturated carbocycles. The summed E-state index contributed by atoms with van der Waals surface area (Å²) in [5, 5.41) is 2.66. The highest BCUT2D eigenvalue weighted by Gasteiger charge is 2.27. The van der Waals surface area contributed by atoms with Crippen LogP contribution in [0.25, 0.3) is 0 Å². The van der Waals surface area contributed by atoms with Gasteiger partial charge in [0.25, 0.3) is 0 Å². The third kappa shape index (κ3) is 4.12. The summed E-state index contributed by atoms with van der Waals surface area (Å²) in [5.41, 5.74) is 1.05. The maximum atomic E-state index is 12.4. The number of esters is 1. The van der Waals surface area contributed by atoms with Crippen molar-refractivity contribution in [2.75, 3.05) is 25.0 Å². The van der Waals surface area contributed by atoms with E-state index in [1.807, 2.05) is 13.0 Å². The lowest BCUT2D eigenvalue weighted by molar-refractivity contribution is -0.115. The van der Waals surface area contributed by atoms with Gasteiger partial charge in [0.2, 0.25) is 5.91 Å². The van der Waals surface area contributed by atoms with Crippen LogP contribution in [0.4, 0.5) is 10.5 Å². The van der Waals surface area contributed by atoms with Crippen molar-refractivity contribution in [2.24, 2.45) is 0 Å². The Kier molecular flexibility index (Phi) is 5.70. The summed E-state index contributed by atoms with van der Waals surface area (Å²) in [4.78, 5) is 38.5. The van der Waals surface area contributed by atoms with E-state index in [4.69, 9.17) is 9.47 Å². The first-order chi connectivity index (χ1) is 12.5. The standard InChI is InChI=1S/C18H22N2O5S/c1-3-24-18(23)20-8-6-13(7-9-20)25-17(22)12-4-5-15-14(10-12)19-16(21)11(2)26-15/h4-5,10-11,13H,3,6-9H2,1-2H3,(H,19,21)/t11-/m0/s1. The average molecular weight is 378 g/mol. The van der Waals surface area contributed by atoms with E-state index in [1.54, 1.807) is 24.0 Å². The SMILES string of the molecule is CCOC(=O)N1CCC(OC(=O)c2ccc3c(c2)NC(=O)[C@H](C)S3)CC1. The van der Waals surface area contributed by atoms with Crippen molar-refractivity contribution >= 4 is 35.4 Å². The van der Waals surface area contributed by atoms with Crippen LogP contribution in [0.2, 0.25) is 0 Å². The first kappa shape index (κ1) is 18.6. The highest BCUT2D eigenvalue weighted by atomic mass is 32.2. The molecule has 3 rings (SSSR count). The van der Waals surface area contributed by atoms with Gasteiger partial charge in [-0.2, -0.15) is 0 Å². The number of hydrogen-bond donors (Lipinski definition) is 1. The Bertz CT molecular complexity index is 716. The molecule has 1 N–H and O–H groups in total. The maximum absolute atomic E-state index is 12.4. The van der Waals surface area contributed by atoms with Gasteiger partial charge in [-0.05, 0) is 32.0 Å². The number of carbonyl (C=O) groups excluding carboxylic acids is 3. The van der Waals surface area contributed by atoms with Crippen molar-refractivity contribution in [3.63, 3.8) is 0 Å². The molecule has 7 nitrogen and oxygen atoms in total. The van der Waals surface area contributed by atoms with Crippen LogP contribution in [0.3, 0.4) is 0 Å². The van der Waals surface area contributed by atoms with Crippen molar-refractivity contribution in [3.8, 4) is 0 Å². The summed E-state index contributed by atoms with van der Waals surface area (Å²) in [6.07, 6.45) is 0.613. The molecule has 1 fully saturated rings. The monoisotopic (exact) mass is 378 g/mol. The van der Waals surface area contributed by atoms with E-state index >= 15 is 0 Å². The lowest BCUT2D eigenvalue weighted by Gasteiger charge is -2.31. The molecule has 2 aliphatic heterocycles. The predicted molar refractivity (Wildman–Crippen MR) is 97.4 cm³/mol. The van der Waals surface area contributed by atoms with Gasteiger partial charge >= 0.3 is 12.1 Å². The minimum atomic E-state index is -0.416. The smallest absolute Gasteiger partial charge is 0.409 e. The summed E-state index contributed by atoms with van der Waals surface area (Å²) in [6, 6.07) is 5.20. The van der Waals surface area contributed by atoms with E-state index in [0.29, 0.717) is 43.8 Å². The van der Waals surface area contributed by atoms with E-state index in [-0.39, 0.29) is 23.4 Å². The molecule has 0 bridgehead atoms. The van der Waals surface area contributed by atoms with Crippen molar-refractivity contribution < 1.29 is 23.9 Å². The molecule has 26 heavy (non-hydrogen) atoms. The van der Waals surface area contributed by atoms with Gasteiger partial charge in [0.05, 0.1) is 23.1 Å². The number of nitrogens with zero attached hydrogens (tertiary/aromatic N) is 1. The number of benzene rings is 1. The zero-order valence-corrected chi connectivity index (χ0v) is 15.6. The highest BCUT2D eigenvalue weighted by Crippen LogP contribution is 2.36. The number of amides is 2. The lowest BCUT2D eigenvalue weighted by Crippen LogP contribution is -2.41. The normalized spacial score (nSPS) is 20.2. The Hall–Kier alpha value is -2.22. The fraction of sp³-hybridized carbons (Fsp3) is 0.500. The Labute approximate surface area is 156 Å². The Morgan fingerprint density at radius 3 is 2.73 bits per heavy atom. The van der Waals surface area contributed by atoms with E-state index in [1.165, 1.54) is 11.8 Å². The first-order valence-electron chi connectivity index (χ1n) is 8.72. The third-order valence-corrected chi connectivity index (χ3v) is 5.57. The van der Waals surface area contributed by atoms with Gasteiger partial charge in [-0.25, -0.2) is 9.59 Å². The molecule has 0 spiro atoms. The van der Waals surface area contributed by atoms with Gasteiger partial charge in [-0.3, -0.25) is 4.79 Å². The summed E-state index contributed by atoms with van der Waals surface area (Å²) in [5.74, 6) is -0.486. The average Bonchev–Trinajstić information content (AvgIpc) is 2.63. The zero-order valence-electron chi connectivity index (χ0n) is 14.8. The van der Waals surface area contributed by atoms with E-state index in [2.05, 4.69) is 5.32 Å². The molecule has 1 aromatic carbocycles. The van der Waals surface area contributed by atoms with Crippen LogP contribution in [0.15, 0.2) is 23.1 Å². The summed E-state index contributed by atoms with van der Waals surface area (Å²) < 4.78 is 10.5.